The number of benzene rings is 3. The zero-order valence-electron chi connectivity index (χ0n) is 11.9. The first-order valence-corrected chi connectivity index (χ1v) is 7.25. The lowest BCUT2D eigenvalue weighted by molar-refractivity contribution is 1.16. The second-order valence-corrected chi connectivity index (χ2v) is 5.55. The Labute approximate surface area is 128 Å². The van der Waals surface area contributed by atoms with Gasteiger partial charge in [-0.1, -0.05) is 36.4 Å². The highest BCUT2D eigenvalue weighted by Crippen LogP contribution is 2.47. The molecule has 0 N–H and O–H groups in total. The van der Waals surface area contributed by atoms with Crippen LogP contribution in [0.5, 0.6) is 0 Å². The van der Waals surface area contributed by atoms with Gasteiger partial charge in [0.25, 0.3) is 0 Å². The van der Waals surface area contributed by atoms with E-state index in [0.717, 1.165) is 11.1 Å². The minimum atomic E-state index is 0.344. The van der Waals surface area contributed by atoms with E-state index in [2.05, 4.69) is 60.7 Å². The Balaban J connectivity index is 2.07. The molecule has 1 aliphatic carbocycles. The van der Waals surface area contributed by atoms with Crippen LogP contribution >= 0.6 is 0 Å². The summed E-state index contributed by atoms with van der Waals surface area (Å²) in [6.07, 6.45) is 0.688. The molecule has 1 aliphatic rings. The van der Waals surface area contributed by atoms with Gasteiger partial charge in [0.05, 0.1) is 25.0 Å². The summed E-state index contributed by atoms with van der Waals surface area (Å²) in [7, 11) is 0. The number of hydrogen-bond donors (Lipinski definition) is 0. The fourth-order valence-corrected chi connectivity index (χ4v) is 3.42. The van der Waals surface area contributed by atoms with E-state index >= 15 is 0 Å². The Morgan fingerprint density at radius 2 is 1.18 bits per heavy atom. The smallest absolute Gasteiger partial charge is 0.0669 e. The van der Waals surface area contributed by atoms with Crippen molar-refractivity contribution in [3.63, 3.8) is 0 Å². The summed E-state index contributed by atoms with van der Waals surface area (Å²) in [5, 5.41) is 20.6. The van der Waals surface area contributed by atoms with E-state index in [4.69, 9.17) is 10.5 Å². The van der Waals surface area contributed by atoms with Gasteiger partial charge in [0.1, 0.15) is 0 Å². The molecule has 0 atom stereocenters. The van der Waals surface area contributed by atoms with Crippen molar-refractivity contribution in [1.82, 2.24) is 0 Å². The molecule has 2 heteroatoms. The van der Waals surface area contributed by atoms with Gasteiger partial charge in [-0.25, -0.2) is 0 Å². The Hall–Kier alpha value is -3.10. The molecule has 3 aromatic carbocycles. The van der Waals surface area contributed by atoms with Crippen molar-refractivity contribution in [2.75, 3.05) is 0 Å². The van der Waals surface area contributed by atoms with Crippen LogP contribution in [0.25, 0.3) is 33.0 Å². The first kappa shape index (κ1) is 12.6. The van der Waals surface area contributed by atoms with Crippen LogP contribution < -0.4 is 0 Å². The van der Waals surface area contributed by atoms with Crippen LogP contribution in [-0.4, -0.2) is 0 Å². The van der Waals surface area contributed by atoms with Gasteiger partial charge < -0.3 is 0 Å². The van der Waals surface area contributed by atoms with Crippen molar-refractivity contribution in [2.24, 2.45) is 0 Å². The van der Waals surface area contributed by atoms with Crippen LogP contribution in [0.4, 0.5) is 0 Å². The quantitative estimate of drug-likeness (QED) is 0.538. The van der Waals surface area contributed by atoms with Gasteiger partial charge in [-0.2, -0.15) is 10.5 Å². The molecule has 0 bridgehead atoms. The van der Waals surface area contributed by atoms with Crippen molar-refractivity contribution in [2.45, 2.75) is 12.8 Å². The normalized spacial score (nSPS) is 11.0. The van der Waals surface area contributed by atoms with E-state index in [0.29, 0.717) is 12.8 Å². The lowest BCUT2D eigenvalue weighted by atomic mass is 9.94. The van der Waals surface area contributed by atoms with Gasteiger partial charge in [0.15, 0.2) is 0 Å². The van der Waals surface area contributed by atoms with E-state index < -0.39 is 0 Å². The molecule has 0 aromatic heterocycles. The summed E-state index contributed by atoms with van der Waals surface area (Å²) < 4.78 is 0. The molecule has 0 unspecified atom stereocenters. The van der Waals surface area contributed by atoms with Crippen LogP contribution in [0.2, 0.25) is 0 Å². The molecule has 0 saturated heterocycles. The summed E-state index contributed by atoms with van der Waals surface area (Å²) in [4.78, 5) is 0. The minimum Gasteiger partial charge on any atom is -0.198 e. The maximum absolute atomic E-state index is 9.05. The number of rotatable bonds is 2. The Kier molecular flexibility index (Phi) is 2.71. The molecule has 0 radical (unpaired) electrons. The Morgan fingerprint density at radius 3 is 1.64 bits per heavy atom. The highest BCUT2D eigenvalue weighted by Gasteiger charge is 2.22. The highest BCUT2D eigenvalue weighted by molar-refractivity contribution is 6.15. The predicted molar refractivity (Wildman–Crippen MR) is 87.0 cm³/mol. The summed E-state index contributed by atoms with van der Waals surface area (Å²) in [5.74, 6) is 0. The van der Waals surface area contributed by atoms with Crippen LogP contribution in [0.15, 0.2) is 48.5 Å². The summed E-state index contributed by atoms with van der Waals surface area (Å²) in [6, 6.07) is 21.3. The van der Waals surface area contributed by atoms with E-state index in [1.807, 2.05) is 0 Å². The molecular weight excluding hydrogens is 268 g/mol. The van der Waals surface area contributed by atoms with Gasteiger partial charge in [0, 0.05) is 0 Å². The average Bonchev–Trinajstić information content (AvgIpc) is 2.85. The lowest BCUT2D eigenvalue weighted by Crippen LogP contribution is -1.94. The van der Waals surface area contributed by atoms with Gasteiger partial charge in [0.2, 0.25) is 0 Å². The average molecular weight is 280 g/mol. The van der Waals surface area contributed by atoms with E-state index in [9.17, 15) is 0 Å². The van der Waals surface area contributed by atoms with E-state index in [-0.39, 0.29) is 0 Å². The van der Waals surface area contributed by atoms with Gasteiger partial charge in [-0.3, -0.25) is 0 Å². The third-order valence-electron chi connectivity index (χ3n) is 4.36. The molecule has 0 aliphatic heterocycles. The maximum Gasteiger partial charge on any atom is 0.0669 e. The molecule has 0 saturated carbocycles. The fraction of sp³-hybridized carbons (Fsp3) is 0.100. The van der Waals surface area contributed by atoms with Crippen molar-refractivity contribution in [3.8, 4) is 34.4 Å². The first-order valence-electron chi connectivity index (χ1n) is 7.25. The standard InChI is InChI=1S/C20H12N2/c21-9-7-14-11-18-16-5-1-3-13-4-2-6-17(20(13)16)19(18)12-15(14)8-10-22/h1-6,11-12H,7-8H2. The Bertz CT molecular complexity index is 923. The number of hydrogen-bond acceptors (Lipinski definition) is 2. The second kappa shape index (κ2) is 4.72. The second-order valence-electron chi connectivity index (χ2n) is 5.55. The number of fused-ring (bicyclic) bond motifs is 3. The predicted octanol–water partition coefficient (Wildman–Crippen LogP) is 4.62. The third-order valence-corrected chi connectivity index (χ3v) is 4.36. The highest BCUT2D eigenvalue weighted by atomic mass is 14.3. The van der Waals surface area contributed by atoms with E-state index in [1.54, 1.807) is 0 Å². The van der Waals surface area contributed by atoms with Crippen LogP contribution in [-0.2, 0) is 12.8 Å². The van der Waals surface area contributed by atoms with Crippen molar-refractivity contribution in [1.29, 1.82) is 10.5 Å². The minimum absolute atomic E-state index is 0.344. The SMILES string of the molecule is N#CCc1cc2c(cc1CC#N)-c1cccc3cccc-2c13. The summed E-state index contributed by atoms with van der Waals surface area (Å²) >= 11 is 0. The molecule has 3 aromatic rings. The summed E-state index contributed by atoms with van der Waals surface area (Å²) in [6.45, 7) is 0. The Morgan fingerprint density at radius 1 is 0.682 bits per heavy atom. The number of nitriles is 2. The molecule has 4 rings (SSSR count). The molecule has 22 heavy (non-hydrogen) atoms. The van der Waals surface area contributed by atoms with Crippen LogP contribution in [0.3, 0.4) is 0 Å². The van der Waals surface area contributed by atoms with E-state index in [1.165, 1.54) is 33.0 Å². The van der Waals surface area contributed by atoms with Crippen molar-refractivity contribution >= 4 is 10.8 Å². The topological polar surface area (TPSA) is 47.6 Å². The molecule has 0 heterocycles. The van der Waals surface area contributed by atoms with Crippen LogP contribution in [0, 0.1) is 22.7 Å². The molecular formula is C20H12N2. The molecule has 102 valence electrons. The molecule has 2 nitrogen and oxygen atoms in total. The lowest BCUT2D eigenvalue weighted by Gasteiger charge is -2.09. The van der Waals surface area contributed by atoms with Crippen molar-refractivity contribution in [3.05, 3.63) is 59.7 Å². The first-order chi connectivity index (χ1) is 10.8. The maximum atomic E-state index is 9.05. The zero-order chi connectivity index (χ0) is 15.1. The molecule has 0 amide bonds. The van der Waals surface area contributed by atoms with Crippen molar-refractivity contribution < 1.29 is 0 Å². The largest absolute Gasteiger partial charge is 0.198 e. The third kappa shape index (κ3) is 1.65. The zero-order valence-corrected chi connectivity index (χ0v) is 11.9. The summed E-state index contributed by atoms with van der Waals surface area (Å²) in [5.41, 5.74) is 6.74. The molecule has 0 spiro atoms. The van der Waals surface area contributed by atoms with Gasteiger partial charge in [-0.15, -0.1) is 0 Å². The molecule has 0 fully saturated rings. The number of nitrogens with zero attached hydrogens (tertiary/aromatic N) is 2. The van der Waals surface area contributed by atoms with Gasteiger partial charge in [-0.05, 0) is 56.3 Å². The monoisotopic (exact) mass is 280 g/mol. The van der Waals surface area contributed by atoms with Crippen LogP contribution in [0.1, 0.15) is 11.1 Å². The van der Waals surface area contributed by atoms with Gasteiger partial charge >= 0.3 is 0 Å². The fourth-order valence-electron chi connectivity index (χ4n) is 3.42.